The first-order chi connectivity index (χ1) is 8.61. The summed E-state index contributed by atoms with van der Waals surface area (Å²) in [6, 6.07) is 4.94. The van der Waals surface area contributed by atoms with Crippen LogP contribution in [0, 0.1) is 5.92 Å². The number of nitrogens with zero attached hydrogens (tertiary/aromatic N) is 2. The van der Waals surface area contributed by atoms with Crippen molar-refractivity contribution in [3.63, 3.8) is 0 Å². The van der Waals surface area contributed by atoms with Gasteiger partial charge in [0.2, 0.25) is 0 Å². The molecular weight excluding hydrogens is 222 g/mol. The first-order valence-corrected chi connectivity index (χ1v) is 7.10. The zero-order valence-electron chi connectivity index (χ0n) is 11.8. The predicted octanol–water partition coefficient (Wildman–Crippen LogP) is 3.12. The van der Waals surface area contributed by atoms with Crippen LogP contribution in [-0.4, -0.2) is 17.6 Å². The van der Waals surface area contributed by atoms with E-state index in [1.54, 1.807) is 0 Å². The average molecular weight is 247 g/mol. The predicted molar refractivity (Wildman–Crippen MR) is 76.7 cm³/mol. The minimum atomic E-state index is 0.0664. The van der Waals surface area contributed by atoms with Crippen molar-refractivity contribution in [1.82, 2.24) is 4.98 Å². The summed E-state index contributed by atoms with van der Waals surface area (Å²) in [5, 5.41) is 0. The number of pyridine rings is 1. The first-order valence-electron chi connectivity index (χ1n) is 7.10. The Bertz CT molecular complexity index is 374. The molecule has 2 unspecified atom stereocenters. The number of anilines is 1. The normalized spacial score (nSPS) is 26.1. The molecule has 2 N–H and O–H groups in total. The molecule has 18 heavy (non-hydrogen) atoms. The summed E-state index contributed by atoms with van der Waals surface area (Å²) in [6.45, 7) is 7.86. The monoisotopic (exact) mass is 247 g/mol. The second-order valence-corrected chi connectivity index (χ2v) is 5.64. The van der Waals surface area contributed by atoms with Gasteiger partial charge < -0.3 is 10.6 Å². The second kappa shape index (κ2) is 5.70. The van der Waals surface area contributed by atoms with Crippen LogP contribution in [-0.2, 0) is 0 Å². The Morgan fingerprint density at radius 2 is 2.17 bits per heavy atom. The molecule has 100 valence electrons. The molecule has 1 fully saturated rings. The van der Waals surface area contributed by atoms with E-state index in [2.05, 4.69) is 42.8 Å². The molecule has 2 heterocycles. The van der Waals surface area contributed by atoms with Crippen molar-refractivity contribution in [2.24, 2.45) is 11.7 Å². The van der Waals surface area contributed by atoms with Crippen molar-refractivity contribution in [3.8, 4) is 0 Å². The molecule has 0 aliphatic carbocycles. The maximum Gasteiger partial charge on any atom is 0.0572 e. The second-order valence-electron chi connectivity index (χ2n) is 5.64. The van der Waals surface area contributed by atoms with Gasteiger partial charge in [0.25, 0.3) is 0 Å². The molecule has 2 rings (SSSR count). The maximum atomic E-state index is 6.00. The summed E-state index contributed by atoms with van der Waals surface area (Å²) in [6.07, 6.45) is 5.53. The molecule has 1 saturated heterocycles. The zero-order valence-corrected chi connectivity index (χ0v) is 11.8. The third-order valence-corrected chi connectivity index (χ3v) is 4.04. The van der Waals surface area contributed by atoms with Gasteiger partial charge in [-0.2, -0.15) is 0 Å². The van der Waals surface area contributed by atoms with E-state index in [-0.39, 0.29) is 6.04 Å². The number of rotatable bonds is 3. The first kappa shape index (κ1) is 13.3. The lowest BCUT2D eigenvalue weighted by molar-refractivity contribution is 0.390. The highest BCUT2D eigenvalue weighted by atomic mass is 15.2. The van der Waals surface area contributed by atoms with Crippen LogP contribution in [0.4, 0.5) is 5.69 Å². The van der Waals surface area contributed by atoms with Crippen molar-refractivity contribution in [1.29, 1.82) is 0 Å². The summed E-state index contributed by atoms with van der Waals surface area (Å²) in [7, 11) is 0. The van der Waals surface area contributed by atoms with Crippen LogP contribution < -0.4 is 10.6 Å². The topological polar surface area (TPSA) is 42.1 Å². The van der Waals surface area contributed by atoms with E-state index in [4.69, 9.17) is 5.73 Å². The fraction of sp³-hybridized carbons (Fsp3) is 0.667. The molecule has 0 bridgehead atoms. The molecular formula is C15H25N3. The number of hydrogen-bond acceptors (Lipinski definition) is 3. The lowest BCUT2D eigenvalue weighted by Crippen LogP contribution is -2.41. The van der Waals surface area contributed by atoms with Gasteiger partial charge in [-0.1, -0.05) is 13.8 Å². The SMILES string of the molecule is CC[C@@H](N)c1ccc(N2CC(C)CCC2C)cn1. The van der Waals surface area contributed by atoms with Crippen LogP contribution in [0.25, 0.3) is 0 Å². The van der Waals surface area contributed by atoms with Crippen molar-refractivity contribution < 1.29 is 0 Å². The lowest BCUT2D eigenvalue weighted by atomic mass is 9.94. The van der Waals surface area contributed by atoms with Gasteiger partial charge in [-0.3, -0.25) is 4.98 Å². The quantitative estimate of drug-likeness (QED) is 0.892. The Morgan fingerprint density at radius 3 is 2.78 bits per heavy atom. The van der Waals surface area contributed by atoms with Gasteiger partial charge in [0.1, 0.15) is 0 Å². The largest absolute Gasteiger partial charge is 0.367 e. The van der Waals surface area contributed by atoms with Gasteiger partial charge >= 0.3 is 0 Å². The van der Waals surface area contributed by atoms with Crippen molar-refractivity contribution in [2.45, 2.75) is 52.1 Å². The smallest absolute Gasteiger partial charge is 0.0572 e. The molecule has 0 aromatic carbocycles. The van der Waals surface area contributed by atoms with Crippen molar-refractivity contribution >= 4 is 5.69 Å². The average Bonchev–Trinajstić information content (AvgIpc) is 2.41. The number of aromatic nitrogens is 1. The van der Waals surface area contributed by atoms with Crippen LogP contribution in [0.2, 0.25) is 0 Å². The number of hydrogen-bond donors (Lipinski definition) is 1. The lowest BCUT2D eigenvalue weighted by Gasteiger charge is -2.38. The van der Waals surface area contributed by atoms with Gasteiger partial charge in [0.05, 0.1) is 17.6 Å². The van der Waals surface area contributed by atoms with E-state index < -0.39 is 0 Å². The number of nitrogens with two attached hydrogens (primary N) is 1. The molecule has 0 amide bonds. The highest BCUT2D eigenvalue weighted by Crippen LogP contribution is 2.27. The fourth-order valence-corrected chi connectivity index (χ4v) is 2.64. The highest BCUT2D eigenvalue weighted by molar-refractivity contribution is 5.46. The number of piperidine rings is 1. The fourth-order valence-electron chi connectivity index (χ4n) is 2.64. The zero-order chi connectivity index (χ0) is 13.1. The van der Waals surface area contributed by atoms with E-state index in [1.165, 1.54) is 18.5 Å². The van der Waals surface area contributed by atoms with Crippen molar-refractivity contribution in [2.75, 3.05) is 11.4 Å². The minimum Gasteiger partial charge on any atom is -0.367 e. The van der Waals surface area contributed by atoms with Gasteiger partial charge in [-0.15, -0.1) is 0 Å². The van der Waals surface area contributed by atoms with Gasteiger partial charge in [-0.05, 0) is 44.2 Å². The van der Waals surface area contributed by atoms with Gasteiger partial charge in [0, 0.05) is 18.6 Å². The van der Waals surface area contributed by atoms with Crippen LogP contribution in [0.1, 0.15) is 51.8 Å². The van der Waals surface area contributed by atoms with E-state index in [9.17, 15) is 0 Å². The third kappa shape index (κ3) is 2.83. The van der Waals surface area contributed by atoms with Crippen LogP contribution in [0.5, 0.6) is 0 Å². The minimum absolute atomic E-state index is 0.0664. The van der Waals surface area contributed by atoms with Crippen LogP contribution in [0.15, 0.2) is 18.3 Å². The summed E-state index contributed by atoms with van der Waals surface area (Å²) in [5.41, 5.74) is 8.23. The molecule has 1 aliphatic rings. The van der Waals surface area contributed by atoms with E-state index >= 15 is 0 Å². The Labute approximate surface area is 110 Å². The van der Waals surface area contributed by atoms with E-state index in [0.717, 1.165) is 24.6 Å². The molecule has 3 nitrogen and oxygen atoms in total. The summed E-state index contributed by atoms with van der Waals surface area (Å²) >= 11 is 0. The molecule has 3 heteroatoms. The van der Waals surface area contributed by atoms with Gasteiger partial charge in [0.15, 0.2) is 0 Å². The molecule has 1 aliphatic heterocycles. The third-order valence-electron chi connectivity index (χ3n) is 4.04. The van der Waals surface area contributed by atoms with E-state index in [0.29, 0.717) is 6.04 Å². The maximum absolute atomic E-state index is 6.00. The standard InChI is InChI=1S/C15H25N3/c1-4-14(16)15-8-7-13(9-17-15)18-10-11(2)5-6-12(18)3/h7-9,11-12,14H,4-6,10,16H2,1-3H3/t11?,12?,14-/m1/s1. The Hall–Kier alpha value is -1.09. The summed E-state index contributed by atoms with van der Waals surface area (Å²) in [4.78, 5) is 6.99. The summed E-state index contributed by atoms with van der Waals surface area (Å²) < 4.78 is 0. The molecule has 3 atom stereocenters. The van der Waals surface area contributed by atoms with Crippen LogP contribution >= 0.6 is 0 Å². The Morgan fingerprint density at radius 1 is 1.39 bits per heavy atom. The Kier molecular flexibility index (Phi) is 4.23. The summed E-state index contributed by atoms with van der Waals surface area (Å²) in [5.74, 6) is 0.777. The molecule has 0 saturated carbocycles. The molecule has 1 aromatic heterocycles. The van der Waals surface area contributed by atoms with Crippen molar-refractivity contribution in [3.05, 3.63) is 24.0 Å². The Balaban J connectivity index is 2.13. The van der Waals surface area contributed by atoms with E-state index in [1.807, 2.05) is 6.20 Å². The molecule has 1 aromatic rings. The highest BCUT2D eigenvalue weighted by Gasteiger charge is 2.23. The molecule has 0 radical (unpaired) electrons. The van der Waals surface area contributed by atoms with Gasteiger partial charge in [-0.25, -0.2) is 0 Å². The molecule has 0 spiro atoms. The van der Waals surface area contributed by atoms with Crippen LogP contribution in [0.3, 0.4) is 0 Å².